The van der Waals surface area contributed by atoms with Gasteiger partial charge in [-0.05, 0) is 30.5 Å². The maximum absolute atomic E-state index is 12.7. The molecule has 1 N–H and O–H groups in total. The molecule has 2 aromatic rings. The molecule has 29 heavy (non-hydrogen) atoms. The summed E-state index contributed by atoms with van der Waals surface area (Å²) in [5.41, 5.74) is 2.01. The first-order chi connectivity index (χ1) is 14.1. The third kappa shape index (κ3) is 5.28. The van der Waals surface area contributed by atoms with Crippen molar-refractivity contribution in [1.29, 1.82) is 0 Å². The van der Waals surface area contributed by atoms with Crippen LogP contribution in [0.4, 0.5) is 0 Å². The average molecular weight is 396 g/mol. The molecule has 3 rings (SSSR count). The van der Waals surface area contributed by atoms with E-state index in [9.17, 15) is 9.59 Å². The van der Waals surface area contributed by atoms with Crippen molar-refractivity contribution in [2.75, 3.05) is 27.3 Å². The maximum Gasteiger partial charge on any atom is 0.224 e. The molecule has 1 fully saturated rings. The van der Waals surface area contributed by atoms with Crippen molar-refractivity contribution in [1.82, 2.24) is 10.2 Å². The molecule has 2 amide bonds. The summed E-state index contributed by atoms with van der Waals surface area (Å²) in [6.45, 7) is 1.42. The number of para-hydroxylation sites is 2. The Morgan fingerprint density at radius 1 is 1.03 bits per heavy atom. The first kappa shape index (κ1) is 20.7. The van der Waals surface area contributed by atoms with Gasteiger partial charge in [-0.3, -0.25) is 9.59 Å². The van der Waals surface area contributed by atoms with Crippen LogP contribution in [0.25, 0.3) is 0 Å². The average Bonchev–Trinajstić information content (AvgIpc) is 2.75. The third-order valence-electron chi connectivity index (χ3n) is 5.31. The summed E-state index contributed by atoms with van der Waals surface area (Å²) in [6.07, 6.45) is 1.67. The van der Waals surface area contributed by atoms with Crippen LogP contribution >= 0.6 is 0 Å². The van der Waals surface area contributed by atoms with Crippen LogP contribution in [0.15, 0.2) is 48.5 Å². The van der Waals surface area contributed by atoms with Crippen molar-refractivity contribution < 1.29 is 19.1 Å². The summed E-state index contributed by atoms with van der Waals surface area (Å²) >= 11 is 0. The lowest BCUT2D eigenvalue weighted by molar-refractivity contribution is -0.138. The second-order valence-electron chi connectivity index (χ2n) is 7.17. The second kappa shape index (κ2) is 9.96. The van der Waals surface area contributed by atoms with Crippen molar-refractivity contribution in [3.63, 3.8) is 0 Å². The third-order valence-corrected chi connectivity index (χ3v) is 5.31. The van der Waals surface area contributed by atoms with Gasteiger partial charge in [-0.15, -0.1) is 0 Å². The van der Waals surface area contributed by atoms with Crippen LogP contribution in [-0.2, 0) is 22.6 Å². The van der Waals surface area contributed by atoms with Crippen molar-refractivity contribution in [2.24, 2.45) is 5.92 Å². The number of carbonyl (C=O) groups excluding carboxylic acids is 2. The molecule has 1 atom stereocenters. The lowest BCUT2D eigenvalue weighted by Crippen LogP contribution is -2.45. The summed E-state index contributed by atoms with van der Waals surface area (Å²) < 4.78 is 10.7. The van der Waals surface area contributed by atoms with Gasteiger partial charge in [-0.25, -0.2) is 0 Å². The monoisotopic (exact) mass is 396 g/mol. The van der Waals surface area contributed by atoms with Gasteiger partial charge in [-0.1, -0.05) is 36.4 Å². The minimum atomic E-state index is -0.194. The number of carbonyl (C=O) groups is 2. The van der Waals surface area contributed by atoms with E-state index < -0.39 is 0 Å². The highest BCUT2D eigenvalue weighted by molar-refractivity contribution is 5.83. The molecule has 154 valence electrons. The van der Waals surface area contributed by atoms with Crippen LogP contribution in [0.3, 0.4) is 0 Å². The minimum absolute atomic E-state index is 0.00238. The first-order valence-electron chi connectivity index (χ1n) is 9.91. The predicted octanol–water partition coefficient (Wildman–Crippen LogP) is 2.80. The maximum atomic E-state index is 12.7. The van der Waals surface area contributed by atoms with Gasteiger partial charge in [0.25, 0.3) is 0 Å². The van der Waals surface area contributed by atoms with Crippen LogP contribution in [-0.4, -0.2) is 44.0 Å². The molecular weight excluding hydrogens is 368 g/mol. The van der Waals surface area contributed by atoms with Crippen LogP contribution < -0.4 is 14.8 Å². The fourth-order valence-corrected chi connectivity index (χ4v) is 3.70. The fourth-order valence-electron chi connectivity index (χ4n) is 3.70. The smallest absolute Gasteiger partial charge is 0.224 e. The number of amides is 2. The number of nitrogens with one attached hydrogen (secondary N) is 1. The summed E-state index contributed by atoms with van der Waals surface area (Å²) in [7, 11) is 3.27. The Morgan fingerprint density at radius 2 is 1.66 bits per heavy atom. The van der Waals surface area contributed by atoms with Crippen LogP contribution in [0.2, 0.25) is 0 Å². The Hall–Kier alpha value is -3.02. The predicted molar refractivity (Wildman–Crippen MR) is 111 cm³/mol. The van der Waals surface area contributed by atoms with Gasteiger partial charge in [0, 0.05) is 31.6 Å². The van der Waals surface area contributed by atoms with Crippen molar-refractivity contribution in [3.05, 3.63) is 59.7 Å². The zero-order valence-electron chi connectivity index (χ0n) is 17.0. The van der Waals surface area contributed by atoms with E-state index in [-0.39, 0.29) is 17.7 Å². The van der Waals surface area contributed by atoms with E-state index in [1.807, 2.05) is 48.5 Å². The Balaban J connectivity index is 1.55. The van der Waals surface area contributed by atoms with E-state index in [4.69, 9.17) is 9.47 Å². The van der Waals surface area contributed by atoms with Crippen molar-refractivity contribution in [3.8, 4) is 11.5 Å². The van der Waals surface area contributed by atoms with Crippen LogP contribution in [0.5, 0.6) is 11.5 Å². The molecule has 1 aliphatic rings. The molecule has 1 aliphatic heterocycles. The Bertz CT molecular complexity index is 852. The van der Waals surface area contributed by atoms with Crippen LogP contribution in [0, 0.1) is 5.92 Å². The van der Waals surface area contributed by atoms with E-state index in [2.05, 4.69) is 5.32 Å². The number of hydrogen-bond donors (Lipinski definition) is 1. The lowest BCUT2D eigenvalue weighted by atomic mass is 9.96. The van der Waals surface area contributed by atoms with E-state index in [1.54, 1.807) is 19.1 Å². The molecule has 0 spiro atoms. The van der Waals surface area contributed by atoms with Gasteiger partial charge in [-0.2, -0.15) is 0 Å². The zero-order chi connectivity index (χ0) is 20.6. The van der Waals surface area contributed by atoms with E-state index in [0.717, 1.165) is 22.6 Å². The van der Waals surface area contributed by atoms with E-state index in [0.29, 0.717) is 38.9 Å². The molecule has 1 heterocycles. The molecular formula is C23H28N2O4. The van der Waals surface area contributed by atoms with Gasteiger partial charge in [0.2, 0.25) is 11.8 Å². The van der Waals surface area contributed by atoms with Gasteiger partial charge in [0.15, 0.2) is 0 Å². The molecule has 0 saturated carbocycles. The summed E-state index contributed by atoms with van der Waals surface area (Å²) in [4.78, 5) is 26.8. The Kier molecular flexibility index (Phi) is 7.11. The number of piperidine rings is 1. The molecule has 0 unspecified atom stereocenters. The van der Waals surface area contributed by atoms with Gasteiger partial charge >= 0.3 is 0 Å². The number of rotatable bonds is 8. The van der Waals surface area contributed by atoms with Gasteiger partial charge in [0.1, 0.15) is 11.5 Å². The number of benzene rings is 2. The van der Waals surface area contributed by atoms with E-state index >= 15 is 0 Å². The highest BCUT2D eigenvalue weighted by Crippen LogP contribution is 2.24. The van der Waals surface area contributed by atoms with Crippen molar-refractivity contribution in [2.45, 2.75) is 25.8 Å². The number of methoxy groups -OCH3 is 2. The largest absolute Gasteiger partial charge is 0.496 e. The first-order valence-corrected chi connectivity index (χ1v) is 9.91. The molecule has 6 heteroatoms. The number of hydrogen-bond acceptors (Lipinski definition) is 4. The minimum Gasteiger partial charge on any atom is -0.496 e. The quantitative estimate of drug-likeness (QED) is 0.745. The number of nitrogens with zero attached hydrogens (tertiary/aromatic N) is 1. The Morgan fingerprint density at radius 3 is 2.34 bits per heavy atom. The zero-order valence-corrected chi connectivity index (χ0v) is 17.0. The summed E-state index contributed by atoms with van der Waals surface area (Å²) in [5, 5.41) is 3.02. The molecule has 2 aromatic carbocycles. The Labute approximate surface area is 171 Å². The van der Waals surface area contributed by atoms with Gasteiger partial charge in [0.05, 0.1) is 20.1 Å². The molecule has 0 aromatic heterocycles. The van der Waals surface area contributed by atoms with Crippen molar-refractivity contribution >= 4 is 11.8 Å². The molecule has 0 aliphatic carbocycles. The van der Waals surface area contributed by atoms with Gasteiger partial charge < -0.3 is 19.7 Å². The highest BCUT2D eigenvalue weighted by Gasteiger charge is 2.30. The highest BCUT2D eigenvalue weighted by atomic mass is 16.5. The second-order valence-corrected chi connectivity index (χ2v) is 7.17. The SMILES string of the molecule is COc1ccccc1CCNC(=O)[C@@H]1CCC(=O)N(Cc2ccccc2OC)C1. The van der Waals surface area contributed by atoms with E-state index in [1.165, 1.54) is 0 Å². The number of likely N-dealkylation sites (tertiary alicyclic amines) is 1. The van der Waals surface area contributed by atoms with Crippen LogP contribution in [0.1, 0.15) is 24.0 Å². The summed E-state index contributed by atoms with van der Waals surface area (Å²) in [5.74, 6) is 1.46. The molecule has 6 nitrogen and oxygen atoms in total. The summed E-state index contributed by atoms with van der Waals surface area (Å²) in [6, 6.07) is 15.5. The fraction of sp³-hybridized carbons (Fsp3) is 0.391. The normalized spacial score (nSPS) is 16.4. The molecule has 0 radical (unpaired) electrons. The topological polar surface area (TPSA) is 67.9 Å². The number of ether oxygens (including phenoxy) is 2. The molecule has 0 bridgehead atoms. The lowest BCUT2D eigenvalue weighted by Gasteiger charge is -2.32. The standard InChI is InChI=1S/C23H28N2O4/c1-28-20-9-5-3-7-17(20)13-14-24-23(27)19-11-12-22(26)25(16-19)15-18-8-4-6-10-21(18)29-2/h3-10,19H,11-16H2,1-2H3,(H,24,27)/t19-/m1/s1. The molecule has 1 saturated heterocycles.